The molecule has 0 saturated heterocycles. The van der Waals surface area contributed by atoms with Gasteiger partial charge >= 0.3 is 0 Å². The summed E-state index contributed by atoms with van der Waals surface area (Å²) in [5.41, 5.74) is 1.80. The van der Waals surface area contributed by atoms with E-state index in [0.29, 0.717) is 11.0 Å². The minimum absolute atomic E-state index is 0.307. The van der Waals surface area contributed by atoms with Crippen LogP contribution in [0.5, 0.6) is 0 Å². The van der Waals surface area contributed by atoms with Crippen LogP contribution in [0.25, 0.3) is 11.0 Å². The summed E-state index contributed by atoms with van der Waals surface area (Å²) < 4.78 is 13.1. The van der Waals surface area contributed by atoms with E-state index < -0.39 is 0 Å². The molecule has 0 N–H and O–H groups in total. The predicted octanol–water partition coefficient (Wildman–Crippen LogP) is 1.42. The minimum atomic E-state index is -0.307. The molecule has 0 aliphatic carbocycles. The van der Waals surface area contributed by atoms with Gasteiger partial charge in [0.2, 0.25) is 0 Å². The lowest BCUT2D eigenvalue weighted by atomic mass is 10.2. The molecule has 0 radical (unpaired) electrons. The highest BCUT2D eigenvalue weighted by Gasteiger charge is 2.06. The molecule has 1 aromatic heterocycles. The van der Waals surface area contributed by atoms with Crippen LogP contribution in [0.2, 0.25) is 0 Å². The van der Waals surface area contributed by atoms with Crippen LogP contribution in [0.3, 0.4) is 0 Å². The number of halogens is 1. The molecular formula is C8H8FN3. The van der Waals surface area contributed by atoms with Gasteiger partial charge in [0.1, 0.15) is 11.0 Å². The van der Waals surface area contributed by atoms with Crippen LogP contribution < -0.4 is 0 Å². The quantitative estimate of drug-likeness (QED) is 0.591. The molecule has 0 spiro atoms. The number of aromatic nitrogens is 3. The Balaban J connectivity index is 2.88. The highest BCUT2D eigenvalue weighted by atomic mass is 19.1. The van der Waals surface area contributed by atoms with Crippen LogP contribution in [0.15, 0.2) is 12.1 Å². The number of hydrogen-bond acceptors (Lipinski definition) is 2. The Hall–Kier alpha value is -1.45. The van der Waals surface area contributed by atoms with Gasteiger partial charge in [-0.05, 0) is 24.6 Å². The van der Waals surface area contributed by atoms with Crippen molar-refractivity contribution in [1.82, 2.24) is 15.0 Å². The average Bonchev–Trinajstić information content (AvgIpc) is 2.29. The molecule has 3 nitrogen and oxygen atoms in total. The van der Waals surface area contributed by atoms with E-state index in [0.717, 1.165) is 5.56 Å². The Morgan fingerprint density at radius 3 is 2.83 bits per heavy atom. The molecule has 4 heteroatoms. The number of rotatable bonds is 0. The van der Waals surface area contributed by atoms with E-state index >= 15 is 0 Å². The van der Waals surface area contributed by atoms with Crippen molar-refractivity contribution in [3.05, 3.63) is 23.5 Å². The van der Waals surface area contributed by atoms with E-state index in [-0.39, 0.29) is 5.82 Å². The van der Waals surface area contributed by atoms with Gasteiger partial charge in [0.15, 0.2) is 5.82 Å². The Bertz CT molecular complexity index is 433. The maximum atomic E-state index is 13.1. The first-order valence-electron chi connectivity index (χ1n) is 3.64. The molecular weight excluding hydrogens is 157 g/mol. The van der Waals surface area contributed by atoms with E-state index in [1.165, 1.54) is 10.9 Å². The summed E-state index contributed by atoms with van der Waals surface area (Å²) in [4.78, 5) is 1.37. The summed E-state index contributed by atoms with van der Waals surface area (Å²) >= 11 is 0. The van der Waals surface area contributed by atoms with Crippen molar-refractivity contribution >= 4 is 11.0 Å². The first-order chi connectivity index (χ1) is 5.66. The minimum Gasteiger partial charge on any atom is -0.204 e. The van der Waals surface area contributed by atoms with Gasteiger partial charge < -0.3 is 0 Å². The summed E-state index contributed by atoms with van der Waals surface area (Å²) in [5, 5.41) is 7.88. The molecule has 2 rings (SSSR count). The van der Waals surface area contributed by atoms with Crippen molar-refractivity contribution in [2.24, 2.45) is 7.05 Å². The lowest BCUT2D eigenvalue weighted by molar-refractivity contribution is 0.624. The molecule has 0 aliphatic rings. The maximum absolute atomic E-state index is 13.1. The summed E-state index contributed by atoms with van der Waals surface area (Å²) in [6.45, 7) is 1.83. The van der Waals surface area contributed by atoms with Gasteiger partial charge in [-0.2, -0.15) is 15.0 Å². The van der Waals surface area contributed by atoms with E-state index in [9.17, 15) is 4.39 Å². The van der Waals surface area contributed by atoms with Crippen molar-refractivity contribution in [2.45, 2.75) is 6.92 Å². The van der Waals surface area contributed by atoms with Gasteiger partial charge in [0.05, 0.1) is 0 Å². The van der Waals surface area contributed by atoms with E-state index in [2.05, 4.69) is 10.2 Å². The second-order valence-corrected chi connectivity index (χ2v) is 2.80. The highest BCUT2D eigenvalue weighted by Crippen LogP contribution is 2.14. The zero-order valence-corrected chi connectivity index (χ0v) is 6.87. The summed E-state index contributed by atoms with van der Waals surface area (Å²) in [6, 6.07) is 3.27. The largest absolute Gasteiger partial charge is 0.204 e. The standard InChI is InChI=1S/C8H8FN3/c1-5-3-6(9)8-7(4-5)10-12(2)11-8/h3-4H,1-2H3. The van der Waals surface area contributed by atoms with Crippen LogP contribution in [-0.2, 0) is 7.05 Å². The van der Waals surface area contributed by atoms with E-state index in [4.69, 9.17) is 0 Å². The smallest absolute Gasteiger partial charge is 0.153 e. The predicted molar refractivity (Wildman–Crippen MR) is 43.2 cm³/mol. The Kier molecular flexibility index (Phi) is 1.36. The van der Waals surface area contributed by atoms with Gasteiger partial charge in [0.25, 0.3) is 0 Å². The first kappa shape index (κ1) is 7.21. The summed E-state index contributed by atoms with van der Waals surface area (Å²) in [5.74, 6) is -0.307. The molecule has 12 heavy (non-hydrogen) atoms. The second kappa shape index (κ2) is 2.27. The van der Waals surface area contributed by atoms with Gasteiger partial charge in [-0.25, -0.2) is 4.39 Å². The van der Waals surface area contributed by atoms with Crippen molar-refractivity contribution in [3.8, 4) is 0 Å². The number of benzene rings is 1. The van der Waals surface area contributed by atoms with Crippen molar-refractivity contribution in [1.29, 1.82) is 0 Å². The zero-order chi connectivity index (χ0) is 8.72. The molecule has 62 valence electrons. The zero-order valence-electron chi connectivity index (χ0n) is 6.87. The summed E-state index contributed by atoms with van der Waals surface area (Å²) in [6.07, 6.45) is 0. The molecule has 1 aromatic carbocycles. The molecule has 0 atom stereocenters. The lowest BCUT2D eigenvalue weighted by Crippen LogP contribution is -1.90. The average molecular weight is 165 g/mol. The molecule has 2 aromatic rings. The third kappa shape index (κ3) is 0.958. The van der Waals surface area contributed by atoms with Crippen molar-refractivity contribution in [2.75, 3.05) is 0 Å². The number of aryl methyl sites for hydroxylation is 2. The Morgan fingerprint density at radius 1 is 1.33 bits per heavy atom. The number of fused-ring (bicyclic) bond motifs is 1. The fourth-order valence-corrected chi connectivity index (χ4v) is 1.21. The van der Waals surface area contributed by atoms with E-state index in [1.54, 1.807) is 7.05 Å². The molecule has 0 aliphatic heterocycles. The van der Waals surface area contributed by atoms with Crippen LogP contribution in [0, 0.1) is 12.7 Å². The summed E-state index contributed by atoms with van der Waals surface area (Å²) in [7, 11) is 1.68. The third-order valence-electron chi connectivity index (χ3n) is 1.68. The van der Waals surface area contributed by atoms with Crippen LogP contribution in [0.1, 0.15) is 5.56 Å². The lowest BCUT2D eigenvalue weighted by Gasteiger charge is -1.91. The van der Waals surface area contributed by atoms with Crippen molar-refractivity contribution in [3.63, 3.8) is 0 Å². The highest BCUT2D eigenvalue weighted by molar-refractivity contribution is 5.74. The molecule has 0 bridgehead atoms. The third-order valence-corrected chi connectivity index (χ3v) is 1.68. The molecule has 0 unspecified atom stereocenters. The first-order valence-corrected chi connectivity index (χ1v) is 3.64. The second-order valence-electron chi connectivity index (χ2n) is 2.80. The molecule has 0 saturated carbocycles. The monoisotopic (exact) mass is 165 g/mol. The molecule has 0 fully saturated rings. The number of nitrogens with zero attached hydrogens (tertiary/aromatic N) is 3. The Morgan fingerprint density at radius 2 is 2.08 bits per heavy atom. The fourth-order valence-electron chi connectivity index (χ4n) is 1.21. The van der Waals surface area contributed by atoms with Crippen LogP contribution >= 0.6 is 0 Å². The van der Waals surface area contributed by atoms with Gasteiger partial charge in [-0.15, -0.1) is 0 Å². The van der Waals surface area contributed by atoms with Gasteiger partial charge in [0, 0.05) is 7.05 Å². The Labute approximate surface area is 68.8 Å². The van der Waals surface area contributed by atoms with Gasteiger partial charge in [-0.1, -0.05) is 0 Å². The normalized spacial score (nSPS) is 10.9. The van der Waals surface area contributed by atoms with Crippen LogP contribution in [0.4, 0.5) is 4.39 Å². The fraction of sp³-hybridized carbons (Fsp3) is 0.250. The molecule has 0 amide bonds. The maximum Gasteiger partial charge on any atom is 0.153 e. The topological polar surface area (TPSA) is 30.7 Å². The SMILES string of the molecule is Cc1cc(F)c2nn(C)nc2c1. The van der Waals surface area contributed by atoms with Crippen LogP contribution in [-0.4, -0.2) is 15.0 Å². The van der Waals surface area contributed by atoms with E-state index in [1.807, 2.05) is 13.0 Å². The molecule has 1 heterocycles. The number of hydrogen-bond donors (Lipinski definition) is 0. The van der Waals surface area contributed by atoms with Gasteiger partial charge in [-0.3, -0.25) is 0 Å². The van der Waals surface area contributed by atoms with Crippen molar-refractivity contribution < 1.29 is 4.39 Å².